The van der Waals surface area contributed by atoms with E-state index in [0.717, 1.165) is 12.1 Å². The predicted molar refractivity (Wildman–Crippen MR) is 107 cm³/mol. The van der Waals surface area contributed by atoms with Crippen molar-refractivity contribution in [2.45, 2.75) is 19.0 Å². The number of amides is 2. The van der Waals surface area contributed by atoms with Gasteiger partial charge in [0.1, 0.15) is 5.82 Å². The molecule has 10 heteroatoms. The molecule has 0 spiro atoms. The number of carbonyl (C=O) groups excluding carboxylic acids is 2. The number of anilines is 2. The van der Waals surface area contributed by atoms with E-state index >= 15 is 0 Å². The number of benzene rings is 1. The Morgan fingerprint density at radius 1 is 1.13 bits per heavy atom. The molecule has 1 aliphatic heterocycles. The van der Waals surface area contributed by atoms with E-state index in [9.17, 15) is 22.8 Å². The van der Waals surface area contributed by atoms with Gasteiger partial charge >= 0.3 is 6.18 Å². The zero-order chi connectivity index (χ0) is 21.7. The van der Waals surface area contributed by atoms with Crippen LogP contribution in [-0.4, -0.2) is 41.3 Å². The lowest BCUT2D eigenvalue weighted by molar-refractivity contribution is -0.137. The van der Waals surface area contributed by atoms with Gasteiger partial charge in [0.25, 0.3) is 0 Å². The van der Waals surface area contributed by atoms with Gasteiger partial charge in [0.15, 0.2) is 0 Å². The summed E-state index contributed by atoms with van der Waals surface area (Å²) in [6.07, 6.45) is -1.96. The number of aromatic nitrogens is 1. The van der Waals surface area contributed by atoms with E-state index in [4.69, 9.17) is 11.6 Å². The van der Waals surface area contributed by atoms with Crippen LogP contribution in [0.25, 0.3) is 0 Å². The summed E-state index contributed by atoms with van der Waals surface area (Å²) in [7, 11) is 0. The van der Waals surface area contributed by atoms with Crippen LogP contribution in [0.3, 0.4) is 0 Å². The van der Waals surface area contributed by atoms with Crippen molar-refractivity contribution in [1.29, 1.82) is 0 Å². The predicted octanol–water partition coefficient (Wildman–Crippen LogP) is 4.04. The average molecular weight is 441 g/mol. The first-order valence-corrected chi connectivity index (χ1v) is 9.71. The second kappa shape index (κ2) is 9.44. The largest absolute Gasteiger partial charge is 0.418 e. The molecule has 1 aromatic heterocycles. The number of likely N-dealkylation sites (tertiary alicyclic amines) is 1. The van der Waals surface area contributed by atoms with E-state index in [2.05, 4.69) is 15.6 Å². The van der Waals surface area contributed by atoms with E-state index in [1.807, 2.05) is 4.90 Å². The minimum absolute atomic E-state index is 0.0610. The minimum Gasteiger partial charge on any atom is -0.324 e. The van der Waals surface area contributed by atoms with Crippen molar-refractivity contribution in [3.8, 4) is 0 Å². The quantitative estimate of drug-likeness (QED) is 0.735. The number of pyridine rings is 1. The molecular weight excluding hydrogens is 421 g/mol. The molecule has 0 aliphatic carbocycles. The molecule has 160 valence electrons. The first-order valence-electron chi connectivity index (χ1n) is 9.33. The van der Waals surface area contributed by atoms with Crippen LogP contribution in [0.4, 0.5) is 24.7 Å². The Morgan fingerprint density at radius 3 is 2.50 bits per heavy atom. The molecule has 0 bridgehead atoms. The third-order valence-electron chi connectivity index (χ3n) is 4.80. The standard InChI is InChI=1S/C20H20ClF3N4O2/c21-14-4-5-16(15(11-14)20(22,23)24)26-18(29)12-28-9-6-13(7-10-28)19(30)27-17-3-1-2-8-25-17/h1-5,8,11,13H,6-7,9-10,12H2,(H,26,29)(H,25,27,30). The number of rotatable bonds is 5. The summed E-state index contributed by atoms with van der Waals surface area (Å²) < 4.78 is 39.4. The van der Waals surface area contributed by atoms with Gasteiger partial charge in [0.2, 0.25) is 11.8 Å². The van der Waals surface area contributed by atoms with Gasteiger partial charge in [-0.25, -0.2) is 4.98 Å². The van der Waals surface area contributed by atoms with Crippen LogP contribution in [0, 0.1) is 5.92 Å². The Kier molecular flexibility index (Phi) is 6.94. The second-order valence-electron chi connectivity index (χ2n) is 6.99. The number of piperidine rings is 1. The van der Waals surface area contributed by atoms with Crippen LogP contribution in [0.2, 0.25) is 5.02 Å². The monoisotopic (exact) mass is 440 g/mol. The van der Waals surface area contributed by atoms with Crippen molar-refractivity contribution in [1.82, 2.24) is 9.88 Å². The van der Waals surface area contributed by atoms with Crippen molar-refractivity contribution in [3.05, 3.63) is 53.2 Å². The van der Waals surface area contributed by atoms with E-state index in [-0.39, 0.29) is 29.1 Å². The summed E-state index contributed by atoms with van der Waals surface area (Å²) in [6.45, 7) is 0.912. The van der Waals surface area contributed by atoms with Gasteiger partial charge in [-0.15, -0.1) is 0 Å². The average Bonchev–Trinajstić information content (AvgIpc) is 2.70. The summed E-state index contributed by atoms with van der Waals surface area (Å²) in [4.78, 5) is 30.5. The van der Waals surface area contributed by atoms with Gasteiger partial charge in [0.05, 0.1) is 17.8 Å². The highest BCUT2D eigenvalue weighted by Crippen LogP contribution is 2.36. The number of nitrogens with zero attached hydrogens (tertiary/aromatic N) is 2. The molecule has 2 amide bonds. The van der Waals surface area contributed by atoms with Crippen LogP contribution >= 0.6 is 11.6 Å². The molecule has 30 heavy (non-hydrogen) atoms. The minimum atomic E-state index is -4.63. The molecule has 1 saturated heterocycles. The molecule has 2 aromatic rings. The van der Waals surface area contributed by atoms with Gasteiger partial charge in [-0.05, 0) is 56.3 Å². The molecule has 0 saturated carbocycles. The van der Waals surface area contributed by atoms with Gasteiger partial charge in [-0.3, -0.25) is 14.5 Å². The molecule has 1 aliphatic rings. The lowest BCUT2D eigenvalue weighted by Crippen LogP contribution is -2.42. The molecule has 0 atom stereocenters. The zero-order valence-electron chi connectivity index (χ0n) is 15.9. The number of halogens is 4. The fourth-order valence-electron chi connectivity index (χ4n) is 3.27. The van der Waals surface area contributed by atoms with Crippen LogP contribution in [0.15, 0.2) is 42.6 Å². The topological polar surface area (TPSA) is 74.3 Å². The zero-order valence-corrected chi connectivity index (χ0v) is 16.6. The molecule has 0 radical (unpaired) electrons. The van der Waals surface area contributed by atoms with Gasteiger partial charge in [-0.2, -0.15) is 13.2 Å². The fraction of sp³-hybridized carbons (Fsp3) is 0.350. The lowest BCUT2D eigenvalue weighted by atomic mass is 9.96. The van der Waals surface area contributed by atoms with Crippen molar-refractivity contribution >= 4 is 34.9 Å². The van der Waals surface area contributed by atoms with Gasteiger partial charge in [0, 0.05) is 17.1 Å². The van der Waals surface area contributed by atoms with Gasteiger partial charge in [-0.1, -0.05) is 17.7 Å². The van der Waals surface area contributed by atoms with E-state index in [0.29, 0.717) is 31.7 Å². The SMILES string of the molecule is O=C(CN1CCC(C(=O)Nc2ccccn2)CC1)Nc1ccc(Cl)cc1C(F)(F)F. The second-order valence-corrected chi connectivity index (χ2v) is 7.43. The van der Waals surface area contributed by atoms with Crippen LogP contribution in [0.5, 0.6) is 0 Å². The summed E-state index contributed by atoms with van der Waals surface area (Å²) in [5.41, 5.74) is -1.32. The maximum absolute atomic E-state index is 13.1. The van der Waals surface area contributed by atoms with E-state index in [1.165, 1.54) is 6.07 Å². The highest BCUT2D eigenvalue weighted by atomic mass is 35.5. The number of carbonyl (C=O) groups is 2. The molecule has 1 aromatic carbocycles. The molecule has 2 N–H and O–H groups in total. The number of hydrogen-bond acceptors (Lipinski definition) is 4. The van der Waals surface area contributed by atoms with Gasteiger partial charge < -0.3 is 10.6 Å². The summed E-state index contributed by atoms with van der Waals surface area (Å²) in [5, 5.41) is 5.01. The molecule has 1 fully saturated rings. The number of alkyl halides is 3. The Morgan fingerprint density at radius 2 is 1.87 bits per heavy atom. The Bertz CT molecular complexity index is 901. The summed E-state index contributed by atoms with van der Waals surface area (Å²) in [6, 6.07) is 8.43. The first kappa shape index (κ1) is 22.0. The Balaban J connectivity index is 1.51. The first-order chi connectivity index (χ1) is 14.2. The number of hydrogen-bond donors (Lipinski definition) is 2. The van der Waals surface area contributed by atoms with Crippen molar-refractivity contribution in [2.24, 2.45) is 5.92 Å². The van der Waals surface area contributed by atoms with Crippen LogP contribution in [0.1, 0.15) is 18.4 Å². The third kappa shape index (κ3) is 5.93. The summed E-state index contributed by atoms with van der Waals surface area (Å²) >= 11 is 5.65. The highest BCUT2D eigenvalue weighted by molar-refractivity contribution is 6.30. The van der Waals surface area contributed by atoms with Crippen molar-refractivity contribution < 1.29 is 22.8 Å². The number of nitrogens with one attached hydrogen (secondary N) is 2. The Labute approximate surface area is 176 Å². The molecule has 2 heterocycles. The van der Waals surface area contributed by atoms with E-state index in [1.54, 1.807) is 24.4 Å². The Hall–Kier alpha value is -2.65. The smallest absolute Gasteiger partial charge is 0.324 e. The third-order valence-corrected chi connectivity index (χ3v) is 5.04. The molecular formula is C20H20ClF3N4O2. The van der Waals surface area contributed by atoms with Crippen molar-refractivity contribution in [2.75, 3.05) is 30.3 Å². The molecule has 0 unspecified atom stereocenters. The maximum Gasteiger partial charge on any atom is 0.418 e. The maximum atomic E-state index is 13.1. The van der Waals surface area contributed by atoms with Crippen molar-refractivity contribution in [3.63, 3.8) is 0 Å². The fourth-order valence-corrected chi connectivity index (χ4v) is 3.44. The van der Waals surface area contributed by atoms with Crippen LogP contribution < -0.4 is 10.6 Å². The normalized spacial score (nSPS) is 15.6. The molecule has 6 nitrogen and oxygen atoms in total. The lowest BCUT2D eigenvalue weighted by Gasteiger charge is -2.30. The van der Waals surface area contributed by atoms with Crippen LogP contribution in [-0.2, 0) is 15.8 Å². The van der Waals surface area contributed by atoms with E-state index < -0.39 is 17.6 Å². The summed E-state index contributed by atoms with van der Waals surface area (Å²) in [5.74, 6) is -0.417. The highest BCUT2D eigenvalue weighted by Gasteiger charge is 2.34. The molecule has 3 rings (SSSR count).